The number of rotatable bonds is 5. The lowest BCUT2D eigenvalue weighted by Crippen LogP contribution is -2.46. The highest BCUT2D eigenvalue weighted by molar-refractivity contribution is 5.94. The number of aryl methyl sites for hydroxylation is 1. The average molecular weight is 320 g/mol. The van der Waals surface area contributed by atoms with Gasteiger partial charge in [0.15, 0.2) is 0 Å². The fraction of sp³-hybridized carbons (Fsp3) is 0.467. The number of piperidine rings is 1. The van der Waals surface area contributed by atoms with Gasteiger partial charge in [-0.1, -0.05) is 0 Å². The van der Waals surface area contributed by atoms with Crippen molar-refractivity contribution >= 4 is 17.5 Å². The molecule has 0 unspecified atom stereocenters. The number of nitrogens with zero attached hydrogens (tertiary/aromatic N) is 2. The zero-order valence-corrected chi connectivity index (χ0v) is 12.9. The lowest BCUT2D eigenvalue weighted by Gasteiger charge is -2.31. The van der Waals surface area contributed by atoms with Crippen molar-refractivity contribution in [3.05, 3.63) is 39.4 Å². The number of nitrogens with two attached hydrogens (primary N) is 1. The molecule has 0 atom stereocenters. The Balaban J connectivity index is 1.92. The molecule has 8 nitrogen and oxygen atoms in total. The van der Waals surface area contributed by atoms with Crippen molar-refractivity contribution in [2.24, 2.45) is 5.73 Å². The standard InChI is InChI=1S/C15H20N4O4/c1-10-8-11(2-3-13(10)19(22)23)15(21)17-12-4-6-18(7-5-12)9-14(16)20/h2-3,8,12H,4-7,9H2,1H3,(H2,16,20)(H,17,21). The van der Waals surface area contributed by atoms with Crippen molar-refractivity contribution in [3.63, 3.8) is 0 Å². The van der Waals surface area contributed by atoms with E-state index in [1.807, 2.05) is 4.90 Å². The third-order valence-electron chi connectivity index (χ3n) is 3.96. The van der Waals surface area contributed by atoms with Gasteiger partial charge in [0.05, 0.1) is 11.5 Å². The molecule has 2 amide bonds. The van der Waals surface area contributed by atoms with Crippen LogP contribution in [0, 0.1) is 17.0 Å². The molecule has 1 aliphatic heterocycles. The highest BCUT2D eigenvalue weighted by Crippen LogP contribution is 2.19. The van der Waals surface area contributed by atoms with Crippen molar-refractivity contribution in [3.8, 4) is 0 Å². The molecule has 124 valence electrons. The van der Waals surface area contributed by atoms with E-state index in [0.717, 1.165) is 12.8 Å². The largest absolute Gasteiger partial charge is 0.369 e. The van der Waals surface area contributed by atoms with Gasteiger partial charge in [0.1, 0.15) is 0 Å². The van der Waals surface area contributed by atoms with Gasteiger partial charge in [-0.05, 0) is 31.9 Å². The normalized spacial score (nSPS) is 16.0. The Hall–Kier alpha value is -2.48. The number of hydrogen-bond acceptors (Lipinski definition) is 5. The van der Waals surface area contributed by atoms with E-state index in [1.54, 1.807) is 6.92 Å². The Morgan fingerprint density at radius 2 is 2.04 bits per heavy atom. The van der Waals surface area contributed by atoms with Crippen LogP contribution in [-0.4, -0.2) is 47.3 Å². The number of likely N-dealkylation sites (tertiary alicyclic amines) is 1. The van der Waals surface area contributed by atoms with E-state index in [2.05, 4.69) is 5.32 Å². The summed E-state index contributed by atoms with van der Waals surface area (Å²) in [5.74, 6) is -0.592. The first-order valence-corrected chi connectivity index (χ1v) is 7.43. The summed E-state index contributed by atoms with van der Waals surface area (Å²) in [6.07, 6.45) is 1.48. The van der Waals surface area contributed by atoms with Crippen LogP contribution in [0.25, 0.3) is 0 Å². The van der Waals surface area contributed by atoms with E-state index < -0.39 is 4.92 Å². The number of carbonyl (C=O) groups is 2. The minimum Gasteiger partial charge on any atom is -0.369 e. The van der Waals surface area contributed by atoms with Crippen LogP contribution in [0.15, 0.2) is 18.2 Å². The topological polar surface area (TPSA) is 119 Å². The predicted octanol–water partition coefficient (Wildman–Crippen LogP) is 0.583. The van der Waals surface area contributed by atoms with E-state index in [4.69, 9.17) is 5.73 Å². The van der Waals surface area contributed by atoms with E-state index in [9.17, 15) is 19.7 Å². The van der Waals surface area contributed by atoms with Crippen LogP contribution in [0.1, 0.15) is 28.8 Å². The number of hydrogen-bond donors (Lipinski definition) is 2. The number of primary amides is 1. The summed E-state index contributed by atoms with van der Waals surface area (Å²) in [5, 5.41) is 13.7. The number of nitro groups is 1. The van der Waals surface area contributed by atoms with Gasteiger partial charge >= 0.3 is 0 Å². The fourth-order valence-corrected chi connectivity index (χ4v) is 2.73. The Kier molecular flexibility index (Phi) is 5.28. The van der Waals surface area contributed by atoms with Gasteiger partial charge in [0.2, 0.25) is 5.91 Å². The van der Waals surface area contributed by atoms with Crippen LogP contribution in [-0.2, 0) is 4.79 Å². The minimum absolute atomic E-state index is 0.00121. The second-order valence-corrected chi connectivity index (χ2v) is 5.75. The number of amides is 2. The Bertz CT molecular complexity index is 624. The first kappa shape index (κ1) is 16.9. The molecular weight excluding hydrogens is 300 g/mol. The number of nitrogens with one attached hydrogen (secondary N) is 1. The number of carbonyl (C=O) groups excluding carboxylic acids is 2. The van der Waals surface area contributed by atoms with Crippen LogP contribution < -0.4 is 11.1 Å². The molecule has 1 saturated heterocycles. The maximum absolute atomic E-state index is 12.2. The zero-order valence-electron chi connectivity index (χ0n) is 12.9. The van der Waals surface area contributed by atoms with Crippen molar-refractivity contribution in [2.75, 3.05) is 19.6 Å². The molecule has 1 aromatic rings. The lowest BCUT2D eigenvalue weighted by atomic mass is 10.0. The maximum atomic E-state index is 12.2. The summed E-state index contributed by atoms with van der Waals surface area (Å²) in [4.78, 5) is 35.4. The quantitative estimate of drug-likeness (QED) is 0.608. The van der Waals surface area contributed by atoms with Gasteiger partial charge < -0.3 is 11.1 Å². The summed E-state index contributed by atoms with van der Waals surface area (Å²) in [6, 6.07) is 4.36. The Morgan fingerprint density at radius 3 is 2.57 bits per heavy atom. The van der Waals surface area contributed by atoms with Crippen molar-refractivity contribution in [2.45, 2.75) is 25.8 Å². The van der Waals surface area contributed by atoms with Crippen LogP contribution in [0.2, 0.25) is 0 Å². The van der Waals surface area contributed by atoms with Crippen LogP contribution in [0.3, 0.4) is 0 Å². The van der Waals surface area contributed by atoms with Crippen LogP contribution in [0.4, 0.5) is 5.69 Å². The Labute approximate surface area is 133 Å². The number of nitro benzene ring substituents is 1. The number of benzene rings is 1. The van der Waals surface area contributed by atoms with Crippen molar-refractivity contribution in [1.82, 2.24) is 10.2 Å². The van der Waals surface area contributed by atoms with E-state index in [-0.39, 0.29) is 30.1 Å². The van der Waals surface area contributed by atoms with Crippen molar-refractivity contribution in [1.29, 1.82) is 0 Å². The highest BCUT2D eigenvalue weighted by atomic mass is 16.6. The summed E-state index contributed by atoms with van der Waals surface area (Å²) < 4.78 is 0. The third-order valence-corrected chi connectivity index (χ3v) is 3.96. The van der Waals surface area contributed by atoms with Crippen LogP contribution in [0.5, 0.6) is 0 Å². The van der Waals surface area contributed by atoms with E-state index in [0.29, 0.717) is 24.2 Å². The minimum atomic E-state index is -0.467. The predicted molar refractivity (Wildman–Crippen MR) is 84.0 cm³/mol. The molecule has 0 saturated carbocycles. The average Bonchev–Trinajstić information content (AvgIpc) is 2.48. The molecule has 0 bridgehead atoms. The van der Waals surface area contributed by atoms with Gasteiger partial charge in [-0.15, -0.1) is 0 Å². The third kappa shape index (κ3) is 4.49. The maximum Gasteiger partial charge on any atom is 0.272 e. The van der Waals surface area contributed by atoms with E-state index >= 15 is 0 Å². The van der Waals surface area contributed by atoms with Gasteiger partial charge in [0.25, 0.3) is 11.6 Å². The lowest BCUT2D eigenvalue weighted by molar-refractivity contribution is -0.385. The van der Waals surface area contributed by atoms with Gasteiger partial charge in [-0.2, -0.15) is 0 Å². The molecule has 3 N–H and O–H groups in total. The molecule has 1 aliphatic rings. The molecular formula is C15H20N4O4. The molecule has 0 radical (unpaired) electrons. The van der Waals surface area contributed by atoms with Crippen molar-refractivity contribution < 1.29 is 14.5 Å². The molecule has 0 aliphatic carbocycles. The monoisotopic (exact) mass is 320 g/mol. The van der Waals surface area contributed by atoms with E-state index in [1.165, 1.54) is 18.2 Å². The summed E-state index contributed by atoms with van der Waals surface area (Å²) in [6.45, 7) is 3.25. The first-order chi connectivity index (χ1) is 10.9. The van der Waals surface area contributed by atoms with Gasteiger partial charge in [-0.3, -0.25) is 24.6 Å². The second-order valence-electron chi connectivity index (χ2n) is 5.75. The molecule has 0 spiro atoms. The first-order valence-electron chi connectivity index (χ1n) is 7.43. The molecule has 1 fully saturated rings. The van der Waals surface area contributed by atoms with Gasteiger partial charge in [0, 0.05) is 36.3 Å². The fourth-order valence-electron chi connectivity index (χ4n) is 2.73. The Morgan fingerprint density at radius 1 is 1.39 bits per heavy atom. The second kappa shape index (κ2) is 7.19. The van der Waals surface area contributed by atoms with Gasteiger partial charge in [-0.25, -0.2) is 0 Å². The summed E-state index contributed by atoms with van der Waals surface area (Å²) in [7, 11) is 0. The molecule has 8 heteroatoms. The summed E-state index contributed by atoms with van der Waals surface area (Å²) >= 11 is 0. The SMILES string of the molecule is Cc1cc(C(=O)NC2CCN(CC(N)=O)CC2)ccc1[N+](=O)[O-]. The smallest absolute Gasteiger partial charge is 0.272 e. The molecule has 0 aromatic heterocycles. The summed E-state index contributed by atoms with van der Waals surface area (Å²) in [5.41, 5.74) is 6.03. The molecule has 23 heavy (non-hydrogen) atoms. The molecule has 2 rings (SSSR count). The molecule has 1 heterocycles. The zero-order chi connectivity index (χ0) is 17.0. The highest BCUT2D eigenvalue weighted by Gasteiger charge is 2.22. The molecule has 1 aromatic carbocycles. The van der Waals surface area contributed by atoms with Crippen LogP contribution >= 0.6 is 0 Å².